The molecule has 3 nitrogen and oxygen atoms in total. The van der Waals surface area contributed by atoms with E-state index in [1.54, 1.807) is 6.07 Å². The van der Waals surface area contributed by atoms with Gasteiger partial charge in [0.05, 0.1) is 11.3 Å². The maximum absolute atomic E-state index is 12.9. The monoisotopic (exact) mass is 263 g/mol. The fourth-order valence-electron chi connectivity index (χ4n) is 1.53. The summed E-state index contributed by atoms with van der Waals surface area (Å²) in [5.74, 6) is -1.64. The molecule has 0 spiro atoms. The van der Waals surface area contributed by atoms with Crippen molar-refractivity contribution < 1.29 is 18.3 Å². The summed E-state index contributed by atoms with van der Waals surface area (Å²) in [6, 6.07) is 9.29. The molecule has 0 fully saturated rings. The van der Waals surface area contributed by atoms with Gasteiger partial charge in [-0.1, -0.05) is 12.1 Å². The van der Waals surface area contributed by atoms with Gasteiger partial charge in [-0.2, -0.15) is 0 Å². The van der Waals surface area contributed by atoms with Crippen LogP contribution in [0.25, 0.3) is 0 Å². The molecule has 19 heavy (non-hydrogen) atoms. The Hall–Kier alpha value is -2.43. The first-order valence-corrected chi connectivity index (χ1v) is 5.53. The first-order valence-electron chi connectivity index (χ1n) is 5.53. The van der Waals surface area contributed by atoms with Gasteiger partial charge in [-0.3, -0.25) is 0 Å². The van der Waals surface area contributed by atoms with E-state index in [2.05, 4.69) is 0 Å². The van der Waals surface area contributed by atoms with Crippen LogP contribution in [0.1, 0.15) is 15.9 Å². The molecule has 0 saturated heterocycles. The lowest BCUT2D eigenvalue weighted by molar-refractivity contribution is 0.0472. The summed E-state index contributed by atoms with van der Waals surface area (Å²) in [4.78, 5) is 11.7. The second-order valence-corrected chi connectivity index (χ2v) is 3.94. The van der Waals surface area contributed by atoms with Crippen LogP contribution in [0.5, 0.6) is 0 Å². The number of carbonyl (C=O) groups is 1. The van der Waals surface area contributed by atoms with Crippen molar-refractivity contribution in [2.75, 3.05) is 5.73 Å². The third-order valence-electron chi connectivity index (χ3n) is 2.49. The molecule has 98 valence electrons. The average molecular weight is 263 g/mol. The van der Waals surface area contributed by atoms with E-state index in [-0.39, 0.29) is 17.9 Å². The maximum Gasteiger partial charge on any atom is 0.338 e. The number of carbonyl (C=O) groups excluding carboxylic acids is 1. The van der Waals surface area contributed by atoms with Crippen molar-refractivity contribution in [3.63, 3.8) is 0 Å². The summed E-state index contributed by atoms with van der Waals surface area (Å²) in [6.07, 6.45) is 0. The molecule has 0 bridgehead atoms. The van der Waals surface area contributed by atoms with Gasteiger partial charge < -0.3 is 10.5 Å². The molecule has 0 aromatic heterocycles. The van der Waals surface area contributed by atoms with E-state index in [1.165, 1.54) is 30.3 Å². The molecule has 0 radical (unpaired) electrons. The first-order chi connectivity index (χ1) is 9.06. The van der Waals surface area contributed by atoms with E-state index >= 15 is 0 Å². The first kappa shape index (κ1) is 13.0. The largest absolute Gasteiger partial charge is 0.457 e. The number of rotatable bonds is 3. The molecule has 0 amide bonds. The van der Waals surface area contributed by atoms with E-state index in [4.69, 9.17) is 10.5 Å². The summed E-state index contributed by atoms with van der Waals surface area (Å²) in [7, 11) is 0. The number of nitrogen functional groups attached to an aromatic ring is 1. The van der Waals surface area contributed by atoms with Crippen molar-refractivity contribution in [2.45, 2.75) is 6.61 Å². The predicted molar refractivity (Wildman–Crippen MR) is 66.3 cm³/mol. The van der Waals surface area contributed by atoms with Crippen LogP contribution in [0, 0.1) is 11.6 Å². The molecule has 2 aromatic carbocycles. The highest BCUT2D eigenvalue weighted by molar-refractivity contribution is 5.90. The van der Waals surface area contributed by atoms with Crippen LogP contribution in [0.3, 0.4) is 0 Å². The zero-order valence-electron chi connectivity index (χ0n) is 9.90. The lowest BCUT2D eigenvalue weighted by Crippen LogP contribution is -2.06. The lowest BCUT2D eigenvalue weighted by Gasteiger charge is -2.06. The van der Waals surface area contributed by atoms with Crippen molar-refractivity contribution in [3.05, 3.63) is 65.2 Å². The highest BCUT2D eigenvalue weighted by Gasteiger charge is 2.10. The van der Waals surface area contributed by atoms with Gasteiger partial charge in [0, 0.05) is 0 Å². The van der Waals surface area contributed by atoms with Gasteiger partial charge in [0.15, 0.2) is 0 Å². The molecule has 2 N–H and O–H groups in total. The lowest BCUT2D eigenvalue weighted by atomic mass is 10.2. The molecule has 0 unspecified atom stereocenters. The van der Waals surface area contributed by atoms with Gasteiger partial charge >= 0.3 is 5.97 Å². The molecular formula is C14H11F2NO2. The summed E-state index contributed by atoms with van der Waals surface area (Å²) in [5.41, 5.74) is 5.91. The Kier molecular flexibility index (Phi) is 3.75. The van der Waals surface area contributed by atoms with E-state index in [0.29, 0.717) is 5.56 Å². The van der Waals surface area contributed by atoms with Crippen molar-refractivity contribution in [2.24, 2.45) is 0 Å². The van der Waals surface area contributed by atoms with Crippen LogP contribution >= 0.6 is 0 Å². The number of ether oxygens (including phenoxy) is 1. The molecule has 2 aromatic rings. The highest BCUT2D eigenvalue weighted by atomic mass is 19.1. The minimum atomic E-state index is -0.643. The molecule has 0 aliphatic carbocycles. The van der Waals surface area contributed by atoms with Gasteiger partial charge in [0.25, 0.3) is 0 Å². The minimum absolute atomic E-state index is 0.0616. The van der Waals surface area contributed by atoms with Crippen molar-refractivity contribution in [3.8, 4) is 0 Å². The molecule has 0 atom stereocenters. The van der Waals surface area contributed by atoms with Gasteiger partial charge in [0.2, 0.25) is 0 Å². The van der Waals surface area contributed by atoms with E-state index in [1.807, 2.05) is 0 Å². The van der Waals surface area contributed by atoms with Crippen LogP contribution in [-0.4, -0.2) is 5.97 Å². The number of hydrogen-bond donors (Lipinski definition) is 1. The van der Waals surface area contributed by atoms with Gasteiger partial charge in [-0.15, -0.1) is 0 Å². The van der Waals surface area contributed by atoms with Gasteiger partial charge in [-0.25, -0.2) is 13.6 Å². The summed E-state index contributed by atoms with van der Waals surface area (Å²) in [5, 5.41) is 0. The molecule has 0 heterocycles. The molecular weight excluding hydrogens is 252 g/mol. The fourth-order valence-corrected chi connectivity index (χ4v) is 1.53. The second kappa shape index (κ2) is 5.48. The van der Waals surface area contributed by atoms with E-state index < -0.39 is 17.6 Å². The number of hydrogen-bond acceptors (Lipinski definition) is 3. The number of nitrogens with two attached hydrogens (primary N) is 1. The number of halogens is 2. The smallest absolute Gasteiger partial charge is 0.338 e. The predicted octanol–water partition coefficient (Wildman–Crippen LogP) is 2.90. The fraction of sp³-hybridized carbons (Fsp3) is 0.0714. The van der Waals surface area contributed by atoms with Crippen LogP contribution in [-0.2, 0) is 11.3 Å². The Morgan fingerprint density at radius 2 is 1.95 bits per heavy atom. The van der Waals surface area contributed by atoms with Crippen molar-refractivity contribution in [1.29, 1.82) is 0 Å². The highest BCUT2D eigenvalue weighted by Crippen LogP contribution is 2.14. The normalized spacial score (nSPS) is 10.2. The number of anilines is 1. The van der Waals surface area contributed by atoms with Crippen molar-refractivity contribution in [1.82, 2.24) is 0 Å². The third-order valence-corrected chi connectivity index (χ3v) is 2.49. The summed E-state index contributed by atoms with van der Waals surface area (Å²) in [6.45, 7) is -0.0616. The number of benzene rings is 2. The zero-order valence-corrected chi connectivity index (χ0v) is 9.90. The topological polar surface area (TPSA) is 52.3 Å². The average Bonchev–Trinajstić information content (AvgIpc) is 2.39. The van der Waals surface area contributed by atoms with E-state index in [9.17, 15) is 13.6 Å². The van der Waals surface area contributed by atoms with Gasteiger partial charge in [0.1, 0.15) is 18.2 Å². The Labute approximate surface area is 108 Å². The summed E-state index contributed by atoms with van der Waals surface area (Å²) < 4.78 is 30.8. The van der Waals surface area contributed by atoms with Crippen LogP contribution in [0.15, 0.2) is 42.5 Å². The SMILES string of the molecule is Nc1cc(C(=O)OCc2cccc(F)c2)ccc1F. The maximum atomic E-state index is 12.9. The van der Waals surface area contributed by atoms with E-state index in [0.717, 1.165) is 6.07 Å². The van der Waals surface area contributed by atoms with Gasteiger partial charge in [-0.05, 0) is 35.9 Å². The molecule has 0 aliphatic rings. The van der Waals surface area contributed by atoms with Crippen LogP contribution in [0.4, 0.5) is 14.5 Å². The molecule has 5 heteroatoms. The van der Waals surface area contributed by atoms with Crippen LogP contribution in [0.2, 0.25) is 0 Å². The Balaban J connectivity index is 2.03. The standard InChI is InChI=1S/C14H11F2NO2/c15-11-3-1-2-9(6-11)8-19-14(18)10-4-5-12(16)13(17)7-10/h1-7H,8,17H2. The Morgan fingerprint density at radius 3 is 2.63 bits per heavy atom. The zero-order chi connectivity index (χ0) is 13.8. The Bertz CT molecular complexity index is 614. The van der Waals surface area contributed by atoms with Crippen LogP contribution < -0.4 is 5.73 Å². The van der Waals surface area contributed by atoms with Crippen molar-refractivity contribution >= 4 is 11.7 Å². The second-order valence-electron chi connectivity index (χ2n) is 3.94. The third kappa shape index (κ3) is 3.28. The molecule has 0 saturated carbocycles. The minimum Gasteiger partial charge on any atom is -0.457 e. The Morgan fingerprint density at radius 1 is 1.16 bits per heavy atom. The quantitative estimate of drug-likeness (QED) is 0.684. The number of esters is 1. The molecule has 0 aliphatic heterocycles. The summed E-state index contributed by atoms with van der Waals surface area (Å²) >= 11 is 0. The molecule has 2 rings (SSSR count).